The Bertz CT molecular complexity index is 1160. The fourth-order valence-corrected chi connectivity index (χ4v) is 4.42. The molecule has 1 saturated heterocycles. The van der Waals surface area contributed by atoms with Crippen LogP contribution in [-0.2, 0) is 18.7 Å². The van der Waals surface area contributed by atoms with Crippen LogP contribution in [-0.4, -0.2) is 48.2 Å². The minimum atomic E-state index is -0.996. The van der Waals surface area contributed by atoms with Crippen LogP contribution in [0, 0.1) is 0 Å². The van der Waals surface area contributed by atoms with E-state index in [0.29, 0.717) is 47.2 Å². The molecular weight excluding hydrogens is 466 g/mol. The summed E-state index contributed by atoms with van der Waals surface area (Å²) in [5, 5.41) is 14.9. The summed E-state index contributed by atoms with van der Waals surface area (Å²) in [5.74, 6) is 1.24. The molecule has 4 rings (SSSR count). The van der Waals surface area contributed by atoms with E-state index >= 15 is 0 Å². The number of halogens is 1. The number of hydrogen-bond acceptors (Lipinski definition) is 6. The summed E-state index contributed by atoms with van der Waals surface area (Å²) in [4.78, 5) is 19.2. The topological polar surface area (TPSA) is 83.9 Å². The molecule has 1 fully saturated rings. The highest BCUT2D eigenvalue weighted by molar-refractivity contribution is 6.30. The third-order valence-corrected chi connectivity index (χ3v) is 6.65. The van der Waals surface area contributed by atoms with Crippen LogP contribution in [0.2, 0.25) is 5.02 Å². The summed E-state index contributed by atoms with van der Waals surface area (Å²) in [6, 6.07) is 16.4. The van der Waals surface area contributed by atoms with Crippen molar-refractivity contribution in [3.63, 3.8) is 0 Å². The number of benzene rings is 2. The maximum Gasteiger partial charge on any atom is 0.251 e. The van der Waals surface area contributed by atoms with Crippen molar-refractivity contribution >= 4 is 17.5 Å². The lowest BCUT2D eigenvalue weighted by atomic mass is 9.87. The summed E-state index contributed by atoms with van der Waals surface area (Å²) < 4.78 is 10.7. The van der Waals surface area contributed by atoms with E-state index in [0.717, 1.165) is 30.8 Å². The van der Waals surface area contributed by atoms with Crippen molar-refractivity contribution in [2.45, 2.75) is 31.5 Å². The molecule has 2 aromatic carbocycles. The van der Waals surface area contributed by atoms with Crippen molar-refractivity contribution in [2.75, 3.05) is 27.3 Å². The monoisotopic (exact) mass is 495 g/mol. The number of hydrogen-bond donors (Lipinski definition) is 2. The molecular formula is C27H30ClN3O4. The number of likely N-dealkylation sites (tertiary alicyclic amines) is 1. The number of nitrogens with zero attached hydrogens (tertiary/aromatic N) is 2. The first-order valence-corrected chi connectivity index (χ1v) is 11.9. The van der Waals surface area contributed by atoms with Gasteiger partial charge in [-0.3, -0.25) is 14.7 Å². The van der Waals surface area contributed by atoms with Gasteiger partial charge in [0.2, 0.25) is 0 Å². The van der Waals surface area contributed by atoms with E-state index in [9.17, 15) is 9.90 Å². The zero-order valence-corrected chi connectivity index (χ0v) is 20.7. The lowest BCUT2D eigenvalue weighted by molar-refractivity contribution is -0.0311. The quantitative estimate of drug-likeness (QED) is 0.488. The Morgan fingerprint density at radius 3 is 2.43 bits per heavy atom. The van der Waals surface area contributed by atoms with Crippen molar-refractivity contribution < 1.29 is 19.4 Å². The number of carbonyl (C=O) groups excluding carboxylic acids is 1. The number of ether oxygens (including phenoxy) is 2. The minimum absolute atomic E-state index is 0.179. The Balaban J connectivity index is 1.35. The number of amides is 1. The molecule has 3 aromatic rings. The van der Waals surface area contributed by atoms with Gasteiger partial charge in [-0.2, -0.15) is 0 Å². The van der Waals surface area contributed by atoms with E-state index in [1.807, 2.05) is 30.3 Å². The molecule has 2 heterocycles. The molecule has 1 aliphatic rings. The fourth-order valence-electron chi connectivity index (χ4n) is 4.30. The first-order chi connectivity index (χ1) is 16.9. The van der Waals surface area contributed by atoms with Crippen LogP contribution >= 0.6 is 11.6 Å². The second-order valence-electron chi connectivity index (χ2n) is 8.74. The van der Waals surface area contributed by atoms with E-state index in [1.165, 1.54) is 0 Å². The smallest absolute Gasteiger partial charge is 0.251 e. The molecule has 0 unspecified atom stereocenters. The average Bonchev–Trinajstić information content (AvgIpc) is 2.89. The summed E-state index contributed by atoms with van der Waals surface area (Å²) in [6.07, 6.45) is 2.84. The summed E-state index contributed by atoms with van der Waals surface area (Å²) in [6.45, 7) is 2.59. The molecule has 2 N–H and O–H groups in total. The van der Waals surface area contributed by atoms with Gasteiger partial charge in [0.15, 0.2) is 11.5 Å². The maximum atomic E-state index is 12.4. The second-order valence-corrected chi connectivity index (χ2v) is 9.17. The van der Waals surface area contributed by atoms with Crippen LogP contribution < -0.4 is 14.8 Å². The molecule has 1 aliphatic heterocycles. The predicted molar refractivity (Wildman–Crippen MR) is 135 cm³/mol. The molecule has 1 aromatic heterocycles. The number of aromatic nitrogens is 1. The van der Waals surface area contributed by atoms with Crippen molar-refractivity contribution in [3.8, 4) is 11.5 Å². The van der Waals surface area contributed by atoms with Crippen molar-refractivity contribution in [2.24, 2.45) is 0 Å². The van der Waals surface area contributed by atoms with Gasteiger partial charge in [0, 0.05) is 43.0 Å². The number of carbonyl (C=O) groups is 1. The number of pyridine rings is 1. The molecule has 0 saturated carbocycles. The molecule has 184 valence electrons. The van der Waals surface area contributed by atoms with Gasteiger partial charge in [0.05, 0.1) is 19.9 Å². The number of aliphatic hydroxyl groups is 1. The Labute approximate surface area is 210 Å². The SMILES string of the molecule is COc1ccc(CN2CCC(O)(c3cc(CNC(=O)c4ccc(Cl)cc4)ccn3)CC2)cc1OC. The highest BCUT2D eigenvalue weighted by Gasteiger charge is 2.35. The Morgan fingerprint density at radius 2 is 1.74 bits per heavy atom. The standard InChI is InChI=1S/C27H30ClN3O4/c1-34-23-8-3-20(15-24(23)35-2)18-31-13-10-27(33,11-14-31)25-16-19(9-12-29-25)17-30-26(32)21-4-6-22(28)7-5-21/h3-9,12,15-16,33H,10-11,13-14,17-18H2,1-2H3,(H,30,32). The normalized spacial score (nSPS) is 15.4. The number of piperidine rings is 1. The molecule has 35 heavy (non-hydrogen) atoms. The fraction of sp³-hybridized carbons (Fsp3) is 0.333. The van der Waals surface area contributed by atoms with Gasteiger partial charge < -0.3 is 19.9 Å². The van der Waals surface area contributed by atoms with Gasteiger partial charge in [-0.15, -0.1) is 0 Å². The molecule has 7 nitrogen and oxygen atoms in total. The predicted octanol–water partition coefficient (Wildman–Crippen LogP) is 4.17. The second kappa shape index (κ2) is 11.1. The highest BCUT2D eigenvalue weighted by Crippen LogP contribution is 2.33. The lowest BCUT2D eigenvalue weighted by Crippen LogP contribution is -2.42. The Hall–Kier alpha value is -3.13. The van der Waals surface area contributed by atoms with Gasteiger partial charge in [-0.05, 0) is 72.5 Å². The summed E-state index contributed by atoms with van der Waals surface area (Å²) >= 11 is 5.89. The molecule has 0 bridgehead atoms. The van der Waals surface area contributed by atoms with Crippen LogP contribution in [0.4, 0.5) is 0 Å². The molecule has 0 aliphatic carbocycles. The number of methoxy groups -OCH3 is 2. The Morgan fingerprint density at radius 1 is 1.03 bits per heavy atom. The number of nitrogens with one attached hydrogen (secondary N) is 1. The van der Waals surface area contributed by atoms with Crippen LogP contribution in [0.5, 0.6) is 11.5 Å². The van der Waals surface area contributed by atoms with Crippen molar-refractivity contribution in [3.05, 3.63) is 88.2 Å². The van der Waals surface area contributed by atoms with E-state index in [2.05, 4.69) is 15.2 Å². The van der Waals surface area contributed by atoms with Crippen LogP contribution in [0.3, 0.4) is 0 Å². The third-order valence-electron chi connectivity index (χ3n) is 6.40. The van der Waals surface area contributed by atoms with E-state index in [4.69, 9.17) is 21.1 Å². The first kappa shape index (κ1) is 25.0. The zero-order chi connectivity index (χ0) is 24.8. The summed E-state index contributed by atoms with van der Waals surface area (Å²) in [5.41, 5.74) is 2.21. The maximum absolute atomic E-state index is 12.4. The lowest BCUT2D eigenvalue weighted by Gasteiger charge is -2.38. The zero-order valence-electron chi connectivity index (χ0n) is 20.0. The third kappa shape index (κ3) is 6.11. The molecule has 0 spiro atoms. The largest absolute Gasteiger partial charge is 0.493 e. The van der Waals surface area contributed by atoms with E-state index in [1.54, 1.807) is 44.7 Å². The van der Waals surface area contributed by atoms with Crippen LogP contribution in [0.15, 0.2) is 60.8 Å². The first-order valence-electron chi connectivity index (χ1n) is 11.5. The van der Waals surface area contributed by atoms with Gasteiger partial charge in [-0.25, -0.2) is 0 Å². The van der Waals surface area contributed by atoms with Crippen LogP contribution in [0.25, 0.3) is 0 Å². The van der Waals surface area contributed by atoms with Gasteiger partial charge in [0.1, 0.15) is 5.60 Å². The molecule has 0 radical (unpaired) electrons. The Kier molecular flexibility index (Phi) is 7.90. The van der Waals surface area contributed by atoms with Gasteiger partial charge >= 0.3 is 0 Å². The minimum Gasteiger partial charge on any atom is -0.493 e. The van der Waals surface area contributed by atoms with Gasteiger partial charge in [-0.1, -0.05) is 17.7 Å². The molecule has 0 atom stereocenters. The highest BCUT2D eigenvalue weighted by atomic mass is 35.5. The molecule has 1 amide bonds. The van der Waals surface area contributed by atoms with Gasteiger partial charge in [0.25, 0.3) is 5.91 Å². The van der Waals surface area contributed by atoms with Crippen molar-refractivity contribution in [1.82, 2.24) is 15.2 Å². The number of rotatable bonds is 8. The van der Waals surface area contributed by atoms with E-state index < -0.39 is 5.60 Å². The average molecular weight is 496 g/mol. The van der Waals surface area contributed by atoms with Crippen LogP contribution in [0.1, 0.15) is 40.0 Å². The van der Waals surface area contributed by atoms with Crippen molar-refractivity contribution in [1.29, 1.82) is 0 Å². The van der Waals surface area contributed by atoms with E-state index in [-0.39, 0.29) is 5.91 Å². The molecule has 8 heteroatoms. The summed E-state index contributed by atoms with van der Waals surface area (Å²) in [7, 11) is 3.26.